The number of aromatic amines is 1. The number of carbonyl (C=O) groups is 1. The van der Waals surface area contributed by atoms with Crippen molar-refractivity contribution < 1.29 is 4.79 Å². The SMILES string of the molecule is O=C(CSc1nc2ccccc2[nH]1)N/N=C/c1ccccc1. The van der Waals surface area contributed by atoms with Crippen molar-refractivity contribution >= 4 is 34.9 Å². The van der Waals surface area contributed by atoms with Gasteiger partial charge in [-0.25, -0.2) is 10.4 Å². The summed E-state index contributed by atoms with van der Waals surface area (Å²) in [4.78, 5) is 19.3. The van der Waals surface area contributed by atoms with Gasteiger partial charge < -0.3 is 4.98 Å². The Morgan fingerprint density at radius 2 is 1.95 bits per heavy atom. The number of nitrogens with one attached hydrogen (secondary N) is 2. The third-order valence-corrected chi connectivity index (χ3v) is 3.78. The zero-order valence-corrected chi connectivity index (χ0v) is 12.5. The van der Waals surface area contributed by atoms with E-state index in [1.165, 1.54) is 11.8 Å². The van der Waals surface area contributed by atoms with Crippen LogP contribution in [0.25, 0.3) is 11.0 Å². The molecule has 0 aliphatic rings. The van der Waals surface area contributed by atoms with Crippen molar-refractivity contribution in [2.75, 3.05) is 5.75 Å². The second kappa shape index (κ2) is 6.91. The van der Waals surface area contributed by atoms with Gasteiger partial charge in [-0.3, -0.25) is 4.79 Å². The molecule has 0 atom stereocenters. The quantitative estimate of drug-likeness (QED) is 0.432. The molecule has 3 aromatic rings. The van der Waals surface area contributed by atoms with Crippen LogP contribution in [0.15, 0.2) is 64.9 Å². The number of H-pyrrole nitrogens is 1. The normalized spacial score (nSPS) is 11.1. The van der Waals surface area contributed by atoms with E-state index in [9.17, 15) is 4.79 Å². The average Bonchev–Trinajstić information content (AvgIpc) is 2.97. The van der Waals surface area contributed by atoms with E-state index in [0.717, 1.165) is 21.8 Å². The molecule has 1 amide bonds. The van der Waals surface area contributed by atoms with Crippen LogP contribution in [0.5, 0.6) is 0 Å². The van der Waals surface area contributed by atoms with E-state index in [1.54, 1.807) is 6.21 Å². The largest absolute Gasteiger partial charge is 0.333 e. The number of aromatic nitrogens is 2. The fourth-order valence-corrected chi connectivity index (χ4v) is 2.56. The summed E-state index contributed by atoms with van der Waals surface area (Å²) in [5.74, 6) is 0.0870. The predicted molar refractivity (Wildman–Crippen MR) is 89.0 cm³/mol. The molecule has 0 saturated heterocycles. The van der Waals surface area contributed by atoms with Crippen molar-refractivity contribution in [1.29, 1.82) is 0 Å². The molecule has 0 aliphatic heterocycles. The molecule has 3 rings (SSSR count). The Morgan fingerprint density at radius 1 is 1.18 bits per heavy atom. The van der Waals surface area contributed by atoms with E-state index in [-0.39, 0.29) is 11.7 Å². The minimum absolute atomic E-state index is 0.169. The van der Waals surface area contributed by atoms with Gasteiger partial charge in [0.05, 0.1) is 23.0 Å². The van der Waals surface area contributed by atoms with Crippen molar-refractivity contribution in [3.05, 3.63) is 60.2 Å². The summed E-state index contributed by atoms with van der Waals surface area (Å²) in [6, 6.07) is 17.4. The van der Waals surface area contributed by atoms with Gasteiger partial charge in [0, 0.05) is 0 Å². The molecule has 0 radical (unpaired) electrons. The second-order valence-electron chi connectivity index (χ2n) is 4.55. The fourth-order valence-electron chi connectivity index (χ4n) is 1.88. The van der Waals surface area contributed by atoms with E-state index in [0.29, 0.717) is 0 Å². The number of hydrazone groups is 1. The van der Waals surface area contributed by atoms with Crippen LogP contribution < -0.4 is 5.43 Å². The molecule has 110 valence electrons. The molecular weight excluding hydrogens is 296 g/mol. The molecule has 0 spiro atoms. The highest BCUT2D eigenvalue weighted by Crippen LogP contribution is 2.18. The zero-order chi connectivity index (χ0) is 15.2. The molecule has 2 aromatic carbocycles. The lowest BCUT2D eigenvalue weighted by Gasteiger charge is -1.97. The van der Waals surface area contributed by atoms with Crippen LogP contribution in [-0.2, 0) is 4.79 Å². The van der Waals surface area contributed by atoms with Crippen molar-refractivity contribution in [2.45, 2.75) is 5.16 Å². The average molecular weight is 310 g/mol. The first-order valence-electron chi connectivity index (χ1n) is 6.76. The Kier molecular flexibility index (Phi) is 4.50. The molecule has 6 heteroatoms. The van der Waals surface area contributed by atoms with E-state index in [1.807, 2.05) is 54.6 Å². The van der Waals surface area contributed by atoms with E-state index < -0.39 is 0 Å². The highest BCUT2D eigenvalue weighted by Gasteiger charge is 2.05. The van der Waals surface area contributed by atoms with Gasteiger partial charge in [0.2, 0.25) is 0 Å². The zero-order valence-electron chi connectivity index (χ0n) is 11.7. The number of thioether (sulfide) groups is 1. The Hall–Kier alpha value is -2.60. The molecular formula is C16H14N4OS. The first-order valence-corrected chi connectivity index (χ1v) is 7.74. The number of nitrogens with zero attached hydrogens (tertiary/aromatic N) is 2. The molecule has 22 heavy (non-hydrogen) atoms. The van der Waals surface area contributed by atoms with Gasteiger partial charge >= 0.3 is 0 Å². The van der Waals surface area contributed by atoms with Gasteiger partial charge in [0.1, 0.15) is 0 Å². The van der Waals surface area contributed by atoms with Gasteiger partial charge in [0.25, 0.3) is 5.91 Å². The Morgan fingerprint density at radius 3 is 2.77 bits per heavy atom. The Bertz CT molecular complexity index is 765. The number of benzene rings is 2. The maximum atomic E-state index is 11.7. The number of carbonyl (C=O) groups excluding carboxylic acids is 1. The lowest BCUT2D eigenvalue weighted by Crippen LogP contribution is -2.19. The summed E-state index contributed by atoms with van der Waals surface area (Å²) >= 11 is 1.35. The number of para-hydroxylation sites is 2. The van der Waals surface area contributed by atoms with E-state index >= 15 is 0 Å². The number of imidazole rings is 1. The number of hydrogen-bond donors (Lipinski definition) is 2. The monoisotopic (exact) mass is 310 g/mol. The summed E-state index contributed by atoms with van der Waals surface area (Å²) < 4.78 is 0. The minimum atomic E-state index is -0.169. The van der Waals surface area contributed by atoms with Crippen molar-refractivity contribution in [3.8, 4) is 0 Å². The molecule has 0 bridgehead atoms. The maximum Gasteiger partial charge on any atom is 0.250 e. The summed E-state index contributed by atoms with van der Waals surface area (Å²) in [5, 5.41) is 4.65. The fraction of sp³-hybridized carbons (Fsp3) is 0.0625. The van der Waals surface area contributed by atoms with Gasteiger partial charge in [-0.2, -0.15) is 5.10 Å². The maximum absolute atomic E-state index is 11.7. The van der Waals surface area contributed by atoms with E-state index in [2.05, 4.69) is 20.5 Å². The molecule has 0 saturated carbocycles. The van der Waals surface area contributed by atoms with Crippen LogP contribution in [0.3, 0.4) is 0 Å². The third-order valence-electron chi connectivity index (χ3n) is 2.91. The summed E-state index contributed by atoms with van der Waals surface area (Å²) in [6.45, 7) is 0. The summed E-state index contributed by atoms with van der Waals surface area (Å²) in [5.41, 5.74) is 5.30. The minimum Gasteiger partial charge on any atom is -0.333 e. The second-order valence-corrected chi connectivity index (χ2v) is 5.52. The smallest absolute Gasteiger partial charge is 0.250 e. The lowest BCUT2D eigenvalue weighted by molar-refractivity contribution is -0.118. The van der Waals surface area contributed by atoms with Gasteiger partial charge in [-0.05, 0) is 17.7 Å². The predicted octanol–water partition coefficient (Wildman–Crippen LogP) is 2.81. The van der Waals surface area contributed by atoms with E-state index in [4.69, 9.17) is 0 Å². The van der Waals surface area contributed by atoms with Crippen LogP contribution in [-0.4, -0.2) is 27.8 Å². The standard InChI is InChI=1S/C16H14N4OS/c21-15(20-17-10-12-6-2-1-3-7-12)11-22-16-18-13-8-4-5-9-14(13)19-16/h1-10H,11H2,(H,18,19)(H,20,21)/b17-10+. The number of rotatable bonds is 5. The Balaban J connectivity index is 1.51. The van der Waals surface area contributed by atoms with Crippen molar-refractivity contribution in [3.63, 3.8) is 0 Å². The third kappa shape index (κ3) is 3.73. The molecule has 1 aromatic heterocycles. The first-order chi connectivity index (χ1) is 10.8. The number of hydrogen-bond acceptors (Lipinski definition) is 4. The highest BCUT2D eigenvalue weighted by molar-refractivity contribution is 7.99. The van der Waals surface area contributed by atoms with Crippen LogP contribution in [0.4, 0.5) is 0 Å². The number of fused-ring (bicyclic) bond motifs is 1. The van der Waals surface area contributed by atoms with Crippen molar-refractivity contribution in [1.82, 2.24) is 15.4 Å². The number of amides is 1. The molecule has 0 aliphatic carbocycles. The van der Waals surface area contributed by atoms with Crippen LogP contribution >= 0.6 is 11.8 Å². The van der Waals surface area contributed by atoms with Crippen LogP contribution in [0.1, 0.15) is 5.56 Å². The molecule has 0 unspecified atom stereocenters. The summed E-state index contributed by atoms with van der Waals surface area (Å²) in [6.07, 6.45) is 1.61. The highest BCUT2D eigenvalue weighted by atomic mass is 32.2. The lowest BCUT2D eigenvalue weighted by atomic mass is 10.2. The first kappa shape index (κ1) is 14.3. The molecule has 2 N–H and O–H groups in total. The summed E-state index contributed by atoms with van der Waals surface area (Å²) in [7, 11) is 0. The topological polar surface area (TPSA) is 70.1 Å². The van der Waals surface area contributed by atoms with Crippen LogP contribution in [0, 0.1) is 0 Å². The van der Waals surface area contributed by atoms with Crippen LogP contribution in [0.2, 0.25) is 0 Å². The van der Waals surface area contributed by atoms with Gasteiger partial charge in [0.15, 0.2) is 5.16 Å². The Labute approximate surface area is 131 Å². The van der Waals surface area contributed by atoms with Gasteiger partial charge in [-0.15, -0.1) is 0 Å². The van der Waals surface area contributed by atoms with Gasteiger partial charge in [-0.1, -0.05) is 54.2 Å². The molecule has 1 heterocycles. The van der Waals surface area contributed by atoms with Crippen molar-refractivity contribution in [2.24, 2.45) is 5.10 Å². The molecule has 0 fully saturated rings. The molecule has 5 nitrogen and oxygen atoms in total.